The molecule has 0 unspecified atom stereocenters. The minimum Gasteiger partial charge on any atom is -0.395 e. The highest BCUT2D eigenvalue weighted by atomic mass is 16.3. The third-order valence-electron chi connectivity index (χ3n) is 3.94. The van der Waals surface area contributed by atoms with E-state index in [-0.39, 0.29) is 11.6 Å². The van der Waals surface area contributed by atoms with Crippen LogP contribution < -0.4 is 11.1 Å². The van der Waals surface area contributed by atoms with Crippen LogP contribution in [0.5, 0.6) is 0 Å². The molecule has 3 rings (SSSR count). The third kappa shape index (κ3) is 2.27. The molecule has 1 aliphatic rings. The first kappa shape index (κ1) is 13.6. The number of benzene rings is 1. The third-order valence-corrected chi connectivity index (χ3v) is 3.94. The van der Waals surface area contributed by atoms with Gasteiger partial charge in [0.1, 0.15) is 0 Å². The van der Waals surface area contributed by atoms with E-state index >= 15 is 0 Å². The van der Waals surface area contributed by atoms with Gasteiger partial charge in [-0.25, -0.2) is 0 Å². The van der Waals surface area contributed by atoms with Gasteiger partial charge in [-0.2, -0.15) is 5.10 Å². The van der Waals surface area contributed by atoms with E-state index in [1.807, 2.05) is 31.2 Å². The monoisotopic (exact) mass is 286 g/mol. The number of aromatic amines is 1. The van der Waals surface area contributed by atoms with Crippen LogP contribution in [0.4, 0.5) is 5.69 Å². The van der Waals surface area contributed by atoms with Gasteiger partial charge in [0.2, 0.25) is 0 Å². The van der Waals surface area contributed by atoms with Gasteiger partial charge < -0.3 is 16.2 Å². The minimum atomic E-state index is -0.628. The Bertz CT molecular complexity index is 680. The first-order chi connectivity index (χ1) is 10.1. The number of carbonyl (C=O) groups is 1. The summed E-state index contributed by atoms with van der Waals surface area (Å²) in [6.45, 7) is 1.93. The van der Waals surface area contributed by atoms with Gasteiger partial charge in [0, 0.05) is 6.42 Å². The number of aryl methyl sites for hydroxylation is 1. The Kier molecular flexibility index (Phi) is 3.39. The van der Waals surface area contributed by atoms with E-state index in [4.69, 9.17) is 5.73 Å². The lowest BCUT2D eigenvalue weighted by Crippen LogP contribution is -2.34. The summed E-state index contributed by atoms with van der Waals surface area (Å²) in [6.07, 6.45) is 0.593. The molecule has 1 amide bonds. The lowest BCUT2D eigenvalue weighted by molar-refractivity contribution is 0.0854. The largest absolute Gasteiger partial charge is 0.395 e. The van der Waals surface area contributed by atoms with Crippen LogP contribution in [-0.4, -0.2) is 27.3 Å². The number of carbonyl (C=O) groups excluding carboxylic acids is 1. The summed E-state index contributed by atoms with van der Waals surface area (Å²) < 4.78 is 0. The molecule has 6 heteroatoms. The average Bonchev–Trinajstić information content (AvgIpc) is 3.00. The maximum Gasteiger partial charge on any atom is 0.274 e. The van der Waals surface area contributed by atoms with Crippen LogP contribution in [-0.2, 0) is 12.8 Å². The number of fused-ring (bicyclic) bond motifs is 1. The molecule has 0 saturated heterocycles. The van der Waals surface area contributed by atoms with Crippen molar-refractivity contribution < 1.29 is 9.90 Å². The number of aromatic nitrogens is 2. The summed E-state index contributed by atoms with van der Waals surface area (Å²) in [5.74, 6) is -0.371. The van der Waals surface area contributed by atoms with Crippen LogP contribution in [0.1, 0.15) is 40.3 Å². The second-order valence-electron chi connectivity index (χ2n) is 5.24. The SMILES string of the molecule is CCc1[nH]nc(C(=O)N[C@H]2c3ccccc3C[C@H]2O)c1N. The van der Waals surface area contributed by atoms with Gasteiger partial charge in [0.15, 0.2) is 5.69 Å². The molecule has 0 saturated carbocycles. The number of anilines is 1. The topological polar surface area (TPSA) is 104 Å². The molecule has 6 nitrogen and oxygen atoms in total. The zero-order valence-electron chi connectivity index (χ0n) is 11.8. The Balaban J connectivity index is 1.83. The van der Waals surface area contributed by atoms with E-state index in [1.165, 1.54) is 0 Å². The second-order valence-corrected chi connectivity index (χ2v) is 5.24. The lowest BCUT2D eigenvalue weighted by atomic mass is 10.1. The van der Waals surface area contributed by atoms with Crippen molar-refractivity contribution >= 4 is 11.6 Å². The van der Waals surface area contributed by atoms with E-state index in [1.54, 1.807) is 0 Å². The second kappa shape index (κ2) is 5.21. The molecular formula is C15H18N4O2. The number of hydrogen-bond acceptors (Lipinski definition) is 4. The van der Waals surface area contributed by atoms with Gasteiger partial charge in [0.25, 0.3) is 5.91 Å². The summed E-state index contributed by atoms with van der Waals surface area (Å²) >= 11 is 0. The van der Waals surface area contributed by atoms with E-state index in [0.29, 0.717) is 18.5 Å². The fraction of sp³-hybridized carbons (Fsp3) is 0.333. The number of rotatable bonds is 3. The van der Waals surface area contributed by atoms with Crippen LogP contribution in [0, 0.1) is 0 Å². The van der Waals surface area contributed by atoms with Crippen molar-refractivity contribution in [3.8, 4) is 0 Å². The maximum absolute atomic E-state index is 12.3. The predicted octanol–water partition coefficient (Wildman–Crippen LogP) is 0.942. The molecule has 21 heavy (non-hydrogen) atoms. The maximum atomic E-state index is 12.3. The highest BCUT2D eigenvalue weighted by molar-refractivity contribution is 5.98. The van der Waals surface area contributed by atoms with E-state index in [0.717, 1.165) is 16.8 Å². The van der Waals surface area contributed by atoms with Gasteiger partial charge >= 0.3 is 0 Å². The fourth-order valence-electron chi connectivity index (χ4n) is 2.79. The zero-order valence-corrected chi connectivity index (χ0v) is 11.8. The Hall–Kier alpha value is -2.34. The molecule has 0 bridgehead atoms. The molecule has 0 aliphatic heterocycles. The number of aliphatic hydroxyl groups is 1. The summed E-state index contributed by atoms with van der Waals surface area (Å²) in [5, 5.41) is 19.7. The molecule has 0 fully saturated rings. The smallest absolute Gasteiger partial charge is 0.274 e. The van der Waals surface area contributed by atoms with Crippen molar-refractivity contribution in [1.82, 2.24) is 15.5 Å². The summed E-state index contributed by atoms with van der Waals surface area (Å²) in [4.78, 5) is 12.3. The average molecular weight is 286 g/mol. The quantitative estimate of drug-likeness (QED) is 0.674. The van der Waals surface area contributed by atoms with Crippen LogP contribution >= 0.6 is 0 Å². The zero-order chi connectivity index (χ0) is 15.0. The van der Waals surface area contributed by atoms with Gasteiger partial charge in [-0.05, 0) is 17.5 Å². The molecule has 5 N–H and O–H groups in total. The molecule has 1 aliphatic carbocycles. The summed E-state index contributed by atoms with van der Waals surface area (Å²) in [7, 11) is 0. The highest BCUT2D eigenvalue weighted by Gasteiger charge is 2.33. The van der Waals surface area contributed by atoms with Crippen molar-refractivity contribution in [3.63, 3.8) is 0 Å². The molecular weight excluding hydrogens is 268 g/mol. The minimum absolute atomic E-state index is 0.184. The molecule has 110 valence electrons. The Morgan fingerprint density at radius 3 is 3.00 bits per heavy atom. The number of nitrogens with zero attached hydrogens (tertiary/aromatic N) is 1. The van der Waals surface area contributed by atoms with Gasteiger partial charge in [-0.3, -0.25) is 9.89 Å². The number of aliphatic hydroxyl groups excluding tert-OH is 1. The van der Waals surface area contributed by atoms with Gasteiger partial charge in [-0.1, -0.05) is 31.2 Å². The van der Waals surface area contributed by atoms with Gasteiger partial charge in [0.05, 0.1) is 23.5 Å². The summed E-state index contributed by atoms with van der Waals surface area (Å²) in [6, 6.07) is 7.28. The van der Waals surface area contributed by atoms with E-state index in [2.05, 4.69) is 15.5 Å². The first-order valence-corrected chi connectivity index (χ1v) is 7.01. The molecule has 1 heterocycles. The molecule has 1 aromatic heterocycles. The number of H-pyrrole nitrogens is 1. The Morgan fingerprint density at radius 1 is 1.52 bits per heavy atom. The highest BCUT2D eigenvalue weighted by Crippen LogP contribution is 2.31. The lowest BCUT2D eigenvalue weighted by Gasteiger charge is -2.17. The first-order valence-electron chi connectivity index (χ1n) is 7.01. The van der Waals surface area contributed by atoms with Crippen molar-refractivity contribution in [3.05, 3.63) is 46.8 Å². The van der Waals surface area contributed by atoms with E-state index in [9.17, 15) is 9.90 Å². The molecule has 1 aromatic carbocycles. The fourth-order valence-corrected chi connectivity index (χ4v) is 2.79. The summed E-state index contributed by atoms with van der Waals surface area (Å²) in [5.41, 5.74) is 9.20. The molecule has 2 aromatic rings. The number of amides is 1. The number of nitrogens with one attached hydrogen (secondary N) is 2. The number of hydrogen-bond donors (Lipinski definition) is 4. The van der Waals surface area contributed by atoms with Crippen LogP contribution in [0.2, 0.25) is 0 Å². The van der Waals surface area contributed by atoms with E-state index < -0.39 is 12.1 Å². The predicted molar refractivity (Wildman–Crippen MR) is 78.7 cm³/mol. The van der Waals surface area contributed by atoms with Crippen molar-refractivity contribution in [2.24, 2.45) is 0 Å². The van der Waals surface area contributed by atoms with Gasteiger partial charge in [-0.15, -0.1) is 0 Å². The van der Waals surface area contributed by atoms with Crippen molar-refractivity contribution in [2.45, 2.75) is 31.9 Å². The molecule has 2 atom stereocenters. The van der Waals surface area contributed by atoms with Crippen molar-refractivity contribution in [1.29, 1.82) is 0 Å². The number of nitrogen functional groups attached to an aromatic ring is 1. The standard InChI is InChI=1S/C15H18N4O2/c1-2-10-12(16)14(19-18-10)15(21)17-13-9-6-4-3-5-8(9)7-11(13)20/h3-6,11,13,20H,2,7,16H2,1H3,(H,17,21)(H,18,19)/t11-,13+/m1/s1. The van der Waals surface area contributed by atoms with Crippen LogP contribution in [0.25, 0.3) is 0 Å². The normalized spacial score (nSPS) is 20.3. The van der Waals surface area contributed by atoms with Crippen LogP contribution in [0.3, 0.4) is 0 Å². The Labute approximate surface area is 122 Å². The van der Waals surface area contributed by atoms with Crippen molar-refractivity contribution in [2.75, 3.05) is 5.73 Å². The Morgan fingerprint density at radius 2 is 2.29 bits per heavy atom. The van der Waals surface area contributed by atoms with Crippen LogP contribution in [0.15, 0.2) is 24.3 Å². The molecule has 0 spiro atoms. The number of nitrogens with two attached hydrogens (primary N) is 1. The molecule has 0 radical (unpaired) electrons.